The molecule has 3 aliphatic heterocycles. The third-order valence-electron chi connectivity index (χ3n) is 17.1. The van der Waals surface area contributed by atoms with Crippen LogP contribution in [-0.2, 0) is 92.9 Å². The molecule has 40 heteroatoms. The molecular formula is C62H94F3N10O25S2-. The van der Waals surface area contributed by atoms with Crippen LogP contribution in [0.15, 0.2) is 4.90 Å². The molecule has 1 aromatic rings. The van der Waals surface area contributed by atoms with E-state index in [-0.39, 0.29) is 195 Å². The van der Waals surface area contributed by atoms with E-state index in [0.717, 1.165) is 32.1 Å². The highest BCUT2D eigenvalue weighted by Gasteiger charge is 2.37. The molecule has 3 atom stereocenters. The van der Waals surface area contributed by atoms with E-state index in [9.17, 15) is 99.5 Å². The fourth-order valence-corrected chi connectivity index (χ4v) is 13.6. The summed E-state index contributed by atoms with van der Waals surface area (Å²) in [4.78, 5) is 155. The topological polar surface area (TPSA) is 487 Å². The second-order valence-corrected chi connectivity index (χ2v) is 27.5. The molecule has 4 fully saturated rings. The summed E-state index contributed by atoms with van der Waals surface area (Å²) in [7, 11) is -4.81. The zero-order chi connectivity index (χ0) is 75.5. The molecular weight excluding hydrogens is 1410 g/mol. The Morgan fingerprint density at radius 3 is 1.42 bits per heavy atom. The van der Waals surface area contributed by atoms with Crippen LogP contribution in [0.1, 0.15) is 122 Å². The molecule has 576 valence electrons. The predicted molar refractivity (Wildman–Crippen MR) is 351 cm³/mol. The molecule has 35 nitrogen and oxygen atoms in total. The summed E-state index contributed by atoms with van der Waals surface area (Å²) in [5.41, 5.74) is -2.26. The smallest absolute Gasteiger partial charge is 0.333 e. The van der Waals surface area contributed by atoms with Gasteiger partial charge in [-0.2, -0.15) is 0 Å². The Hall–Kier alpha value is -7.41. The molecule has 3 amide bonds. The molecule has 102 heavy (non-hydrogen) atoms. The van der Waals surface area contributed by atoms with E-state index in [1.54, 1.807) is 29.4 Å². The number of anilines is 2. The lowest BCUT2D eigenvalue weighted by atomic mass is 9.96. The molecule has 9 N–H and O–H groups in total. The molecule has 0 spiro atoms. The minimum Gasteiger partial charge on any atom is -0.755 e. The number of sulfone groups is 1. The van der Waals surface area contributed by atoms with Gasteiger partial charge in [0.25, 0.3) is 11.8 Å². The number of nitrogens with zero attached hydrogens (tertiary/aromatic N) is 7. The Morgan fingerprint density at radius 2 is 0.961 bits per heavy atom. The minimum atomic E-state index is -4.81. The number of hydroxylamine groups is 2. The summed E-state index contributed by atoms with van der Waals surface area (Å²) in [5, 5.41) is 62.2. The summed E-state index contributed by atoms with van der Waals surface area (Å²) in [5.74, 6) is -16.5. The van der Waals surface area contributed by atoms with Crippen LogP contribution in [0.3, 0.4) is 0 Å². The number of hydrogen-bond donors (Lipinski definition) is 9. The number of nitrogens with one attached hydrogen (secondary N) is 3. The summed E-state index contributed by atoms with van der Waals surface area (Å²) < 4.78 is 107. The number of carbonyl (C=O) groups excluding carboxylic acids is 6. The number of benzene rings is 1. The predicted octanol–water partition coefficient (Wildman–Crippen LogP) is 0.475. The van der Waals surface area contributed by atoms with Crippen molar-refractivity contribution < 1.29 is 133 Å². The number of carboxylic acid groups (broad SMARTS) is 6. The van der Waals surface area contributed by atoms with Crippen LogP contribution < -0.4 is 15.4 Å². The Kier molecular flexibility index (Phi) is 38.9. The number of rotatable bonds is 41. The van der Waals surface area contributed by atoms with Gasteiger partial charge in [0.1, 0.15) is 34.2 Å². The van der Waals surface area contributed by atoms with Crippen molar-refractivity contribution in [3.05, 3.63) is 17.5 Å². The van der Waals surface area contributed by atoms with Gasteiger partial charge in [-0.25, -0.2) is 26.4 Å². The average Bonchev–Trinajstić information content (AvgIpc) is 0.874. The highest BCUT2D eigenvalue weighted by molar-refractivity contribution is 7.91. The van der Waals surface area contributed by atoms with Crippen LogP contribution in [0.5, 0.6) is 0 Å². The first kappa shape index (κ1) is 87.0. The molecule has 0 radical (unpaired) electrons. The van der Waals surface area contributed by atoms with Crippen LogP contribution in [0.4, 0.5) is 24.5 Å². The molecule has 1 aromatic carbocycles. The zero-order valence-electron chi connectivity index (χ0n) is 56.7. The monoisotopic (exact) mass is 1500 g/mol. The SMILES string of the molecule is O=C(O)CN1CCN(CC(=O)O)CCN(C(CCC(=O)NCCCC(=O)CCOCCOCCCC(=O)CCS(=O)(=O)c2c(F)c(F)c(NS(=O)[O-])c(F)c2NC2CCCCCCC2)C(=O)O)CC1.O=C(O)CN1CCN(CC(=O)O)CCN(C(CCC(=O)ON2C(=O)CCC2=O)C(=O)O)CC1. The summed E-state index contributed by atoms with van der Waals surface area (Å²) in [6, 6.07) is -2.72. The van der Waals surface area contributed by atoms with E-state index >= 15 is 8.78 Å². The fraction of sp³-hybridized carbons (Fsp3) is 0.710. The first-order valence-corrected chi connectivity index (χ1v) is 36.4. The third kappa shape index (κ3) is 32.5. The summed E-state index contributed by atoms with van der Waals surface area (Å²) >= 11 is -3.26. The average molecular weight is 1500 g/mol. The van der Waals surface area contributed by atoms with E-state index in [4.69, 9.17) is 24.5 Å². The zero-order valence-corrected chi connectivity index (χ0v) is 58.4. The van der Waals surface area contributed by atoms with Crippen molar-refractivity contribution >= 4 is 104 Å². The number of Topliss-reactive ketones (excluding diaryl/α,β-unsaturated/α-hetero) is 2. The van der Waals surface area contributed by atoms with Gasteiger partial charge in [0.05, 0.1) is 63.9 Å². The van der Waals surface area contributed by atoms with Gasteiger partial charge >= 0.3 is 41.8 Å². The van der Waals surface area contributed by atoms with Crippen LogP contribution in [0.2, 0.25) is 0 Å². The first-order valence-electron chi connectivity index (χ1n) is 33.6. The lowest BCUT2D eigenvalue weighted by Gasteiger charge is -2.30. The van der Waals surface area contributed by atoms with Crippen molar-refractivity contribution in [2.24, 2.45) is 0 Å². The van der Waals surface area contributed by atoms with Crippen LogP contribution in [0.25, 0.3) is 0 Å². The number of carboxylic acids is 6. The maximum Gasteiger partial charge on any atom is 0.333 e. The minimum absolute atomic E-state index is 0.0470. The van der Waals surface area contributed by atoms with Crippen molar-refractivity contribution in [3.63, 3.8) is 0 Å². The Balaban J connectivity index is 0.000000555. The van der Waals surface area contributed by atoms with E-state index < -0.39 is 150 Å². The molecule has 3 saturated heterocycles. The largest absolute Gasteiger partial charge is 0.755 e. The van der Waals surface area contributed by atoms with Gasteiger partial charge in [0, 0.05) is 154 Å². The number of halogens is 3. The third-order valence-corrected chi connectivity index (χ3v) is 19.2. The lowest BCUT2D eigenvalue weighted by molar-refractivity contribution is -0.197. The van der Waals surface area contributed by atoms with Crippen molar-refractivity contribution in [1.29, 1.82) is 0 Å². The number of aliphatic carboxylic acids is 6. The van der Waals surface area contributed by atoms with Gasteiger partial charge in [-0.1, -0.05) is 32.1 Å². The Morgan fingerprint density at radius 1 is 0.529 bits per heavy atom. The van der Waals surface area contributed by atoms with E-state index in [1.165, 1.54) is 4.72 Å². The fourth-order valence-electron chi connectivity index (χ4n) is 11.7. The quantitative estimate of drug-likeness (QED) is 0.0186. The van der Waals surface area contributed by atoms with Gasteiger partial charge in [-0.3, -0.25) is 86.3 Å². The van der Waals surface area contributed by atoms with Gasteiger partial charge in [0.15, 0.2) is 27.3 Å². The molecule has 3 heterocycles. The molecule has 4 aliphatic rings. The van der Waals surface area contributed by atoms with Gasteiger partial charge in [-0.15, -0.1) is 5.06 Å². The summed E-state index contributed by atoms with van der Waals surface area (Å²) in [6.07, 6.45) is 4.36. The van der Waals surface area contributed by atoms with Crippen molar-refractivity contribution in [1.82, 2.24) is 39.8 Å². The first-order chi connectivity index (χ1) is 48.3. The number of ether oxygens (including phenoxy) is 2. The van der Waals surface area contributed by atoms with Crippen LogP contribution >= 0.6 is 0 Å². The van der Waals surface area contributed by atoms with E-state index in [2.05, 4.69) is 10.6 Å². The van der Waals surface area contributed by atoms with Crippen molar-refractivity contribution in [2.75, 3.05) is 153 Å². The van der Waals surface area contributed by atoms with Gasteiger partial charge < -0.3 is 64.9 Å². The van der Waals surface area contributed by atoms with Gasteiger partial charge in [0.2, 0.25) is 5.91 Å². The van der Waals surface area contributed by atoms with Crippen LogP contribution in [0, 0.1) is 17.5 Å². The maximum absolute atomic E-state index is 15.6. The van der Waals surface area contributed by atoms with E-state index in [0.29, 0.717) is 37.4 Å². The van der Waals surface area contributed by atoms with Crippen LogP contribution in [-0.4, -0.2) is 315 Å². The maximum atomic E-state index is 15.6. The molecule has 0 aromatic heterocycles. The highest BCUT2D eigenvalue weighted by Crippen LogP contribution is 2.38. The molecule has 1 saturated carbocycles. The highest BCUT2D eigenvalue weighted by atomic mass is 32.2. The molecule has 3 unspecified atom stereocenters. The Bertz CT molecular complexity index is 3100. The molecule has 0 bridgehead atoms. The molecule has 5 rings (SSSR count). The second kappa shape index (κ2) is 45.6. The summed E-state index contributed by atoms with van der Waals surface area (Å²) in [6.45, 7) is 2.36. The number of amides is 3. The number of carbonyl (C=O) groups is 12. The standard InChI is InChI=1S/C43H67F3N6O15S2.C19H28N4O10/c44-37-38(45)42(41(39(46)40(37)49-68(62)63)48-30-8-4-2-1-3-5-9-30)69(64,65)27-15-32(54)11-7-23-66-25-26-67-24-14-31(53)10-6-16-47-34(55)13-12-33(43(60)61)52-21-19-50(28-35(56)57)17-18-51(20-22-52)29-36(58)59;24-14-2-3-15(25)23(14)33-18(30)4-1-13(19(31)32)22-9-7-20(11-16(26)27)5-6-21(8-10-22)12-17(28)29/h30,33,48-49H,1-29H2,(H,47,55)(H,56,57)(H,58,59)(H,60,61)(H,62,63);13H,1-12H2,(H,26,27)(H,28,29)(H,31,32)/p-1. The molecule has 1 aliphatic carbocycles. The lowest BCUT2D eigenvalue weighted by Crippen LogP contribution is -2.47. The number of imide groups is 1. The van der Waals surface area contributed by atoms with Gasteiger partial charge in [-0.05, 0) is 38.5 Å². The number of ketones is 2. The van der Waals surface area contributed by atoms with Crippen molar-refractivity contribution in [3.8, 4) is 0 Å². The van der Waals surface area contributed by atoms with Crippen molar-refractivity contribution in [2.45, 2.75) is 145 Å². The Labute approximate surface area is 589 Å². The van der Waals surface area contributed by atoms with E-state index in [1.807, 2.05) is 0 Å². The normalized spacial score (nSPS) is 18.0. The second-order valence-electron chi connectivity index (χ2n) is 24.8. The number of hydrogen-bond acceptors (Lipinski definition) is 26.